The van der Waals surface area contributed by atoms with Crippen LogP contribution in [0.25, 0.3) is 0 Å². The van der Waals surface area contributed by atoms with Crippen molar-refractivity contribution in [1.29, 1.82) is 0 Å². The lowest BCUT2D eigenvalue weighted by Crippen LogP contribution is -2.12. The second-order valence-electron chi connectivity index (χ2n) is 3.66. The van der Waals surface area contributed by atoms with E-state index in [1.807, 2.05) is 6.92 Å². The first-order valence-electron chi connectivity index (χ1n) is 5.51. The van der Waals surface area contributed by atoms with E-state index in [2.05, 4.69) is 0 Å². The maximum atomic E-state index is 8.53. The lowest BCUT2D eigenvalue weighted by atomic mass is 10.1. The third-order valence-electron chi connectivity index (χ3n) is 2.18. The van der Waals surface area contributed by atoms with Crippen LogP contribution in [0.3, 0.4) is 0 Å². The van der Waals surface area contributed by atoms with Gasteiger partial charge in [-0.2, -0.15) is 0 Å². The van der Waals surface area contributed by atoms with Gasteiger partial charge in [0.05, 0.1) is 19.8 Å². The first kappa shape index (κ1) is 14.3. The molecule has 4 nitrogen and oxygen atoms in total. The normalized spacial score (nSPS) is 12.5. The van der Waals surface area contributed by atoms with E-state index in [1.165, 1.54) is 0 Å². The fraction of sp³-hybridized carbons (Fsp3) is 0.500. The Balaban J connectivity index is 2.52. The van der Waals surface area contributed by atoms with Crippen molar-refractivity contribution in [3.8, 4) is 5.75 Å². The van der Waals surface area contributed by atoms with Gasteiger partial charge in [-0.15, -0.1) is 0 Å². The minimum Gasteiger partial charge on any atom is -0.491 e. The van der Waals surface area contributed by atoms with E-state index in [-0.39, 0.29) is 12.6 Å². The lowest BCUT2D eigenvalue weighted by Gasteiger charge is -2.14. The average Bonchev–Trinajstić information content (AvgIpc) is 2.30. The molecule has 0 amide bonds. The molecular weight excluding hydrogens is 242 g/mol. The highest BCUT2D eigenvalue weighted by atomic mass is 35.5. The molecule has 96 valence electrons. The molecular formula is C12H18ClNO3. The number of ether oxygens (including phenoxy) is 2. The second-order valence-corrected chi connectivity index (χ2v) is 4.09. The Morgan fingerprint density at radius 1 is 1.35 bits per heavy atom. The highest BCUT2D eigenvalue weighted by Crippen LogP contribution is 2.27. The van der Waals surface area contributed by atoms with Crippen molar-refractivity contribution in [2.24, 2.45) is 5.73 Å². The molecule has 0 saturated heterocycles. The van der Waals surface area contributed by atoms with Gasteiger partial charge in [0.2, 0.25) is 0 Å². The highest BCUT2D eigenvalue weighted by Gasteiger charge is 2.08. The van der Waals surface area contributed by atoms with Gasteiger partial charge in [-0.05, 0) is 25.1 Å². The largest absolute Gasteiger partial charge is 0.491 e. The number of hydrogen-bond acceptors (Lipinski definition) is 4. The van der Waals surface area contributed by atoms with Gasteiger partial charge in [0.15, 0.2) is 0 Å². The Labute approximate surface area is 106 Å². The molecule has 0 heterocycles. The van der Waals surface area contributed by atoms with E-state index in [9.17, 15) is 0 Å². The van der Waals surface area contributed by atoms with Crippen LogP contribution in [-0.4, -0.2) is 31.5 Å². The first-order chi connectivity index (χ1) is 8.15. The minimum absolute atomic E-state index is 0.0199. The van der Waals surface area contributed by atoms with Gasteiger partial charge < -0.3 is 20.3 Å². The predicted molar refractivity (Wildman–Crippen MR) is 67.5 cm³/mol. The van der Waals surface area contributed by atoms with Crippen molar-refractivity contribution in [3.63, 3.8) is 0 Å². The number of aliphatic hydroxyl groups excluding tert-OH is 1. The zero-order chi connectivity index (χ0) is 12.7. The van der Waals surface area contributed by atoms with Gasteiger partial charge in [-0.3, -0.25) is 0 Å². The van der Waals surface area contributed by atoms with E-state index < -0.39 is 0 Å². The van der Waals surface area contributed by atoms with E-state index in [1.54, 1.807) is 18.2 Å². The fourth-order valence-corrected chi connectivity index (χ4v) is 1.56. The van der Waals surface area contributed by atoms with Gasteiger partial charge in [0.1, 0.15) is 12.4 Å². The van der Waals surface area contributed by atoms with E-state index in [0.29, 0.717) is 24.8 Å². The molecule has 0 aromatic heterocycles. The third-order valence-corrected chi connectivity index (χ3v) is 2.42. The van der Waals surface area contributed by atoms with Crippen LogP contribution in [-0.2, 0) is 4.74 Å². The summed E-state index contributed by atoms with van der Waals surface area (Å²) in [6.45, 7) is 3.07. The molecule has 1 atom stereocenters. The van der Waals surface area contributed by atoms with Gasteiger partial charge >= 0.3 is 0 Å². The summed E-state index contributed by atoms with van der Waals surface area (Å²) in [4.78, 5) is 0. The Morgan fingerprint density at radius 2 is 2.12 bits per heavy atom. The highest BCUT2D eigenvalue weighted by molar-refractivity contribution is 6.30. The van der Waals surface area contributed by atoms with Crippen LogP contribution >= 0.6 is 11.6 Å². The number of nitrogens with two attached hydrogens (primary N) is 1. The summed E-state index contributed by atoms with van der Waals surface area (Å²) in [5.41, 5.74) is 6.71. The molecule has 1 rings (SSSR count). The summed E-state index contributed by atoms with van der Waals surface area (Å²) in [7, 11) is 0. The van der Waals surface area contributed by atoms with Crippen molar-refractivity contribution < 1.29 is 14.6 Å². The molecule has 0 saturated carbocycles. The van der Waals surface area contributed by atoms with E-state index in [0.717, 1.165) is 11.3 Å². The molecule has 3 N–H and O–H groups in total. The van der Waals surface area contributed by atoms with Crippen LogP contribution in [0.4, 0.5) is 0 Å². The maximum absolute atomic E-state index is 8.53. The summed E-state index contributed by atoms with van der Waals surface area (Å²) in [6.07, 6.45) is 0. The van der Waals surface area contributed by atoms with Crippen LogP contribution < -0.4 is 10.5 Å². The molecule has 1 aromatic rings. The zero-order valence-corrected chi connectivity index (χ0v) is 10.6. The Hall–Kier alpha value is -0.810. The number of benzene rings is 1. The Kier molecular flexibility index (Phi) is 6.29. The van der Waals surface area contributed by atoms with E-state index >= 15 is 0 Å². The molecule has 17 heavy (non-hydrogen) atoms. The zero-order valence-electron chi connectivity index (χ0n) is 9.86. The molecule has 0 spiro atoms. The monoisotopic (exact) mass is 259 g/mol. The predicted octanol–water partition coefficient (Wildman–Crippen LogP) is 1.75. The van der Waals surface area contributed by atoms with Gasteiger partial charge in [-0.1, -0.05) is 11.6 Å². The quantitative estimate of drug-likeness (QED) is 0.733. The van der Waals surface area contributed by atoms with Crippen LogP contribution in [0, 0.1) is 0 Å². The number of halogens is 1. The molecule has 5 heteroatoms. The number of rotatable bonds is 7. The summed E-state index contributed by atoms with van der Waals surface area (Å²) in [5.74, 6) is 0.719. The Morgan fingerprint density at radius 3 is 2.76 bits per heavy atom. The molecule has 0 bridgehead atoms. The third kappa shape index (κ3) is 4.91. The molecule has 0 aliphatic carbocycles. The number of hydrogen-bond donors (Lipinski definition) is 2. The van der Waals surface area contributed by atoms with Crippen molar-refractivity contribution >= 4 is 11.6 Å². The smallest absolute Gasteiger partial charge is 0.124 e. The standard InChI is InChI=1S/C12H18ClNO3/c1-9(14)11-8-10(13)2-3-12(11)17-7-6-16-5-4-15/h2-3,8-9,15H,4-7,14H2,1H3/t9-/m1/s1. The van der Waals surface area contributed by atoms with E-state index in [4.69, 9.17) is 31.9 Å². The molecule has 0 aliphatic rings. The van der Waals surface area contributed by atoms with Gasteiger partial charge in [0.25, 0.3) is 0 Å². The molecule has 0 unspecified atom stereocenters. The van der Waals surface area contributed by atoms with Gasteiger partial charge in [-0.25, -0.2) is 0 Å². The molecule has 1 aromatic carbocycles. The first-order valence-corrected chi connectivity index (χ1v) is 5.89. The summed E-state index contributed by atoms with van der Waals surface area (Å²) in [6, 6.07) is 5.22. The van der Waals surface area contributed by atoms with Crippen molar-refractivity contribution in [2.45, 2.75) is 13.0 Å². The summed E-state index contributed by atoms with van der Waals surface area (Å²) < 4.78 is 10.7. The van der Waals surface area contributed by atoms with Crippen molar-refractivity contribution in [2.75, 3.05) is 26.4 Å². The average molecular weight is 260 g/mol. The SMILES string of the molecule is C[C@@H](N)c1cc(Cl)ccc1OCCOCCO. The summed E-state index contributed by atoms with van der Waals surface area (Å²) >= 11 is 5.90. The number of aliphatic hydroxyl groups is 1. The second kappa shape index (κ2) is 7.50. The van der Waals surface area contributed by atoms with Crippen LogP contribution in [0.5, 0.6) is 5.75 Å². The lowest BCUT2D eigenvalue weighted by molar-refractivity contribution is 0.0702. The minimum atomic E-state index is -0.137. The topological polar surface area (TPSA) is 64.7 Å². The molecule has 0 radical (unpaired) electrons. The van der Waals surface area contributed by atoms with Crippen LogP contribution in [0.2, 0.25) is 5.02 Å². The van der Waals surface area contributed by atoms with Crippen LogP contribution in [0.15, 0.2) is 18.2 Å². The van der Waals surface area contributed by atoms with Crippen molar-refractivity contribution in [3.05, 3.63) is 28.8 Å². The Bertz CT molecular complexity index is 345. The fourth-order valence-electron chi connectivity index (χ4n) is 1.38. The van der Waals surface area contributed by atoms with Crippen molar-refractivity contribution in [1.82, 2.24) is 0 Å². The maximum Gasteiger partial charge on any atom is 0.124 e. The molecule has 0 aliphatic heterocycles. The molecule has 0 fully saturated rings. The van der Waals surface area contributed by atoms with Gasteiger partial charge in [0, 0.05) is 16.6 Å². The van der Waals surface area contributed by atoms with Crippen LogP contribution in [0.1, 0.15) is 18.5 Å². The summed E-state index contributed by atoms with van der Waals surface area (Å²) in [5, 5.41) is 9.17.